The summed E-state index contributed by atoms with van der Waals surface area (Å²) in [7, 11) is 3.05. The lowest BCUT2D eigenvalue weighted by atomic mass is 10.2. The largest absolute Gasteiger partial charge is 0.493 e. The summed E-state index contributed by atoms with van der Waals surface area (Å²) >= 11 is 34.9. The number of nitrogens with zero attached hydrogens (tertiary/aromatic N) is 3. The predicted octanol–water partition coefficient (Wildman–Crippen LogP) is 4.94. The van der Waals surface area contributed by atoms with Crippen LogP contribution in [0, 0.1) is 11.8 Å². The third kappa shape index (κ3) is 5.56. The van der Waals surface area contributed by atoms with Crippen LogP contribution in [0.5, 0.6) is 11.5 Å². The smallest absolute Gasteiger partial charge is 0.250 e. The van der Waals surface area contributed by atoms with Crippen molar-refractivity contribution in [2.45, 2.75) is 7.59 Å². The molecule has 26 heavy (non-hydrogen) atoms. The van der Waals surface area contributed by atoms with Crippen molar-refractivity contribution in [1.29, 1.82) is 0 Å². The van der Waals surface area contributed by atoms with E-state index in [9.17, 15) is 0 Å². The number of ether oxygens (including phenoxy) is 2. The monoisotopic (exact) mass is 473 g/mol. The molecule has 0 bridgehead atoms. The third-order valence-electron chi connectivity index (χ3n) is 2.84. The van der Waals surface area contributed by atoms with E-state index >= 15 is 0 Å². The average Bonchev–Trinajstić information content (AvgIpc) is 2.57. The first kappa shape index (κ1) is 21.4. The molecule has 0 saturated heterocycles. The van der Waals surface area contributed by atoms with E-state index in [4.69, 9.17) is 79.1 Å². The van der Waals surface area contributed by atoms with Crippen LogP contribution in [0.3, 0.4) is 0 Å². The summed E-state index contributed by atoms with van der Waals surface area (Å²) in [6.07, 6.45) is 0. The molecule has 5 nitrogen and oxygen atoms in total. The van der Waals surface area contributed by atoms with Crippen LogP contribution in [0.2, 0.25) is 0 Å². The van der Waals surface area contributed by atoms with E-state index in [2.05, 4.69) is 26.8 Å². The summed E-state index contributed by atoms with van der Waals surface area (Å²) in [4.78, 5) is 11.8. The second kappa shape index (κ2) is 8.43. The first-order chi connectivity index (χ1) is 12.0. The molecule has 0 atom stereocenters. The minimum Gasteiger partial charge on any atom is -0.493 e. The van der Waals surface area contributed by atoms with Gasteiger partial charge in [0.05, 0.1) is 14.2 Å². The van der Waals surface area contributed by atoms with Crippen molar-refractivity contribution >= 4 is 69.6 Å². The van der Waals surface area contributed by atoms with Gasteiger partial charge in [0.1, 0.15) is 0 Å². The lowest BCUT2D eigenvalue weighted by Crippen LogP contribution is -2.17. The Morgan fingerprint density at radius 1 is 0.769 bits per heavy atom. The van der Waals surface area contributed by atoms with E-state index in [-0.39, 0.29) is 17.5 Å². The summed E-state index contributed by atoms with van der Waals surface area (Å²) in [5.41, 5.74) is 0.605. The van der Waals surface area contributed by atoms with Gasteiger partial charge in [-0.2, -0.15) is 0 Å². The molecule has 2 aromatic rings. The Kier molecular flexibility index (Phi) is 6.95. The summed E-state index contributed by atoms with van der Waals surface area (Å²) in [5.74, 6) is 6.18. The van der Waals surface area contributed by atoms with Crippen molar-refractivity contribution in [3.63, 3.8) is 0 Å². The number of halogens is 6. The second-order valence-electron chi connectivity index (χ2n) is 4.62. The van der Waals surface area contributed by atoms with Gasteiger partial charge in [-0.3, -0.25) is 0 Å². The molecule has 0 aliphatic heterocycles. The number of benzene rings is 1. The Morgan fingerprint density at radius 2 is 1.31 bits per heavy atom. The van der Waals surface area contributed by atoms with Gasteiger partial charge >= 0.3 is 0 Å². The molecular weight excluding hydrogens is 467 g/mol. The predicted molar refractivity (Wildman–Crippen MR) is 104 cm³/mol. The fourth-order valence-electron chi connectivity index (χ4n) is 1.73. The molecular formula is C15H9Cl6N3O2. The zero-order valence-electron chi connectivity index (χ0n) is 13.2. The van der Waals surface area contributed by atoms with Crippen molar-refractivity contribution in [1.82, 2.24) is 15.0 Å². The number of hydrogen-bond donors (Lipinski definition) is 0. The second-order valence-corrected chi connectivity index (χ2v) is 9.18. The van der Waals surface area contributed by atoms with Crippen LogP contribution in [0.15, 0.2) is 18.2 Å². The molecule has 0 amide bonds. The highest BCUT2D eigenvalue weighted by molar-refractivity contribution is 6.67. The van der Waals surface area contributed by atoms with Crippen molar-refractivity contribution in [3.8, 4) is 23.3 Å². The van der Waals surface area contributed by atoms with Gasteiger partial charge in [0, 0.05) is 5.56 Å². The van der Waals surface area contributed by atoms with Gasteiger partial charge in [-0.25, -0.2) is 15.0 Å². The van der Waals surface area contributed by atoms with Gasteiger partial charge in [-0.15, -0.1) is 0 Å². The average molecular weight is 476 g/mol. The fourth-order valence-corrected chi connectivity index (χ4v) is 2.23. The molecule has 138 valence electrons. The lowest BCUT2D eigenvalue weighted by Gasteiger charge is -2.14. The topological polar surface area (TPSA) is 57.1 Å². The van der Waals surface area contributed by atoms with E-state index in [0.29, 0.717) is 17.1 Å². The van der Waals surface area contributed by atoms with E-state index in [1.54, 1.807) is 18.2 Å². The van der Waals surface area contributed by atoms with Crippen LogP contribution < -0.4 is 9.47 Å². The standard InChI is InChI=1S/C15H9Cl6N3O2/c1-25-9-5-3-8(7-10(9)26-2)4-6-11-22-12(14(16,17)18)24-13(23-11)15(19,20)21/h3,5,7H,1-2H3. The molecule has 11 heteroatoms. The number of alkyl halides is 6. The minimum atomic E-state index is -1.94. The zero-order chi connectivity index (χ0) is 19.5. The normalized spacial score (nSPS) is 11.5. The van der Waals surface area contributed by atoms with E-state index in [0.717, 1.165) is 0 Å². The minimum absolute atomic E-state index is 0.0302. The SMILES string of the molecule is COc1ccc(C#Cc2nc(C(Cl)(Cl)Cl)nc(C(Cl)(Cl)Cl)n2)cc1OC. The highest BCUT2D eigenvalue weighted by Crippen LogP contribution is 2.39. The van der Waals surface area contributed by atoms with E-state index < -0.39 is 7.59 Å². The molecule has 0 aliphatic rings. The van der Waals surface area contributed by atoms with Crippen LogP contribution in [0.4, 0.5) is 0 Å². The van der Waals surface area contributed by atoms with Gasteiger partial charge in [0.2, 0.25) is 13.4 Å². The number of methoxy groups -OCH3 is 2. The van der Waals surface area contributed by atoms with Crippen molar-refractivity contribution in [2.75, 3.05) is 14.2 Å². The molecule has 0 radical (unpaired) electrons. The molecule has 1 aromatic heterocycles. The van der Waals surface area contributed by atoms with Crippen LogP contribution >= 0.6 is 69.6 Å². The summed E-state index contributed by atoms with van der Waals surface area (Å²) in [5, 5.41) is 0. The quantitative estimate of drug-likeness (QED) is 0.454. The lowest BCUT2D eigenvalue weighted by molar-refractivity contribution is 0.355. The number of rotatable bonds is 2. The van der Waals surface area contributed by atoms with Crippen molar-refractivity contribution in [2.24, 2.45) is 0 Å². The van der Waals surface area contributed by atoms with Gasteiger partial charge in [0.25, 0.3) is 0 Å². The zero-order valence-corrected chi connectivity index (χ0v) is 17.7. The van der Waals surface area contributed by atoms with Crippen LogP contribution in [0.25, 0.3) is 0 Å². The van der Waals surface area contributed by atoms with Gasteiger partial charge < -0.3 is 9.47 Å². The molecule has 1 aromatic carbocycles. The fraction of sp³-hybridized carbons (Fsp3) is 0.267. The maximum absolute atomic E-state index is 5.81. The molecule has 2 rings (SSSR count). The third-order valence-corrected chi connectivity index (χ3v) is 3.86. The van der Waals surface area contributed by atoms with Crippen LogP contribution in [-0.4, -0.2) is 29.2 Å². The Labute approximate surface area is 179 Å². The molecule has 0 saturated carbocycles. The Hall–Kier alpha value is -0.870. The molecule has 1 heterocycles. The first-order valence-electron chi connectivity index (χ1n) is 6.69. The Morgan fingerprint density at radius 3 is 1.77 bits per heavy atom. The summed E-state index contributed by atoms with van der Waals surface area (Å²) in [6, 6.07) is 5.11. The molecule has 0 spiro atoms. The maximum Gasteiger partial charge on any atom is 0.250 e. The van der Waals surface area contributed by atoms with E-state index in [1.807, 2.05) is 0 Å². The van der Waals surface area contributed by atoms with Gasteiger partial charge in [-0.05, 0) is 24.1 Å². The van der Waals surface area contributed by atoms with Crippen LogP contribution in [-0.2, 0) is 7.59 Å². The van der Waals surface area contributed by atoms with Crippen molar-refractivity contribution < 1.29 is 9.47 Å². The molecule has 0 N–H and O–H groups in total. The summed E-state index contributed by atoms with van der Waals surface area (Å²) < 4.78 is 6.51. The highest BCUT2D eigenvalue weighted by atomic mass is 35.6. The van der Waals surface area contributed by atoms with Gasteiger partial charge in [-0.1, -0.05) is 75.5 Å². The molecule has 0 aliphatic carbocycles. The first-order valence-corrected chi connectivity index (χ1v) is 8.96. The number of aromatic nitrogens is 3. The summed E-state index contributed by atoms with van der Waals surface area (Å²) in [6.45, 7) is 0. The number of hydrogen-bond acceptors (Lipinski definition) is 5. The van der Waals surface area contributed by atoms with Gasteiger partial charge in [0.15, 0.2) is 23.1 Å². The molecule has 0 unspecified atom stereocenters. The maximum atomic E-state index is 5.81. The van der Waals surface area contributed by atoms with Crippen molar-refractivity contribution in [3.05, 3.63) is 41.2 Å². The highest BCUT2D eigenvalue weighted by Gasteiger charge is 2.33. The Bertz CT molecular complexity index is 836. The van der Waals surface area contributed by atoms with Crippen LogP contribution in [0.1, 0.15) is 23.0 Å². The molecule has 0 fully saturated rings. The Balaban J connectivity index is 2.49. The van der Waals surface area contributed by atoms with E-state index in [1.165, 1.54) is 14.2 Å².